The van der Waals surface area contributed by atoms with Crippen molar-refractivity contribution in [3.8, 4) is 0 Å². The van der Waals surface area contributed by atoms with Crippen molar-refractivity contribution >= 4 is 36.4 Å². The van der Waals surface area contributed by atoms with E-state index in [9.17, 15) is 4.79 Å². The molecule has 0 fully saturated rings. The van der Waals surface area contributed by atoms with Gasteiger partial charge in [-0.1, -0.05) is 18.2 Å². The van der Waals surface area contributed by atoms with Crippen LogP contribution in [0.25, 0.3) is 0 Å². The average molecular weight is 306 g/mol. The van der Waals surface area contributed by atoms with Gasteiger partial charge in [0.05, 0.1) is 6.54 Å². The first-order valence-electron chi connectivity index (χ1n) is 5.94. The number of nitrogens with zero attached hydrogens (tertiary/aromatic N) is 2. The number of nitrogens with one attached hydrogen (secondary N) is 1. The number of fused-ring (bicyclic) bond motifs is 1. The van der Waals surface area contributed by atoms with E-state index in [1.807, 2.05) is 23.1 Å². The molecule has 6 heteroatoms. The van der Waals surface area contributed by atoms with E-state index in [-0.39, 0.29) is 30.7 Å². The van der Waals surface area contributed by atoms with Crippen LogP contribution in [0.1, 0.15) is 5.56 Å². The van der Waals surface area contributed by atoms with Gasteiger partial charge in [0.15, 0.2) is 0 Å². The molecule has 0 saturated heterocycles. The van der Waals surface area contributed by atoms with Gasteiger partial charge in [0.1, 0.15) is 0 Å². The molecule has 1 aromatic carbocycles. The second kappa shape index (κ2) is 8.38. The Hall–Kier alpha value is -0.810. The molecule has 2 rings (SSSR count). The van der Waals surface area contributed by atoms with Crippen LogP contribution in [0.2, 0.25) is 0 Å². The molecule has 19 heavy (non-hydrogen) atoms. The molecule has 0 atom stereocenters. The van der Waals surface area contributed by atoms with Gasteiger partial charge in [-0.3, -0.25) is 4.79 Å². The number of hydrogen-bond acceptors (Lipinski definition) is 3. The van der Waals surface area contributed by atoms with E-state index in [0.29, 0.717) is 6.54 Å². The zero-order valence-corrected chi connectivity index (χ0v) is 12.9. The number of carbonyl (C=O) groups is 1. The molecule has 4 nitrogen and oxygen atoms in total. The van der Waals surface area contributed by atoms with E-state index >= 15 is 0 Å². The minimum absolute atomic E-state index is 0. The Morgan fingerprint density at radius 2 is 1.95 bits per heavy atom. The fourth-order valence-electron chi connectivity index (χ4n) is 2.17. The second-order valence-corrected chi connectivity index (χ2v) is 4.44. The molecule has 1 aromatic rings. The van der Waals surface area contributed by atoms with Crippen LogP contribution in [0, 0.1) is 0 Å². The van der Waals surface area contributed by atoms with Crippen molar-refractivity contribution in [2.24, 2.45) is 0 Å². The Kier molecular flexibility index (Phi) is 8.02. The monoisotopic (exact) mass is 305 g/mol. The highest BCUT2D eigenvalue weighted by Gasteiger charge is 2.21. The maximum atomic E-state index is 12.1. The Bertz CT molecular complexity index is 415. The summed E-state index contributed by atoms with van der Waals surface area (Å²) in [6.45, 7) is 2.95. The number of carbonyl (C=O) groups excluding carboxylic acids is 1. The van der Waals surface area contributed by atoms with Crippen molar-refractivity contribution in [1.82, 2.24) is 10.2 Å². The molecule has 1 N–H and O–H groups in total. The third kappa shape index (κ3) is 4.35. The van der Waals surface area contributed by atoms with Gasteiger partial charge in [0.2, 0.25) is 5.91 Å². The van der Waals surface area contributed by atoms with Crippen molar-refractivity contribution in [1.29, 1.82) is 0 Å². The summed E-state index contributed by atoms with van der Waals surface area (Å²) in [5.41, 5.74) is 2.27. The number of amides is 1. The van der Waals surface area contributed by atoms with Crippen molar-refractivity contribution in [2.45, 2.75) is 6.54 Å². The zero-order valence-electron chi connectivity index (χ0n) is 11.3. The van der Waals surface area contributed by atoms with Gasteiger partial charge in [0.25, 0.3) is 0 Å². The normalized spacial score (nSPS) is 14.7. The highest BCUT2D eigenvalue weighted by atomic mass is 35.5. The summed E-state index contributed by atoms with van der Waals surface area (Å²) in [6, 6.07) is 8.14. The summed E-state index contributed by atoms with van der Waals surface area (Å²) >= 11 is 0. The van der Waals surface area contributed by atoms with E-state index < -0.39 is 0 Å². The minimum Gasteiger partial charge on any atom is -0.311 e. The van der Waals surface area contributed by atoms with Crippen LogP contribution in [0.15, 0.2) is 24.3 Å². The molecular formula is C13H21Cl2N3O. The van der Waals surface area contributed by atoms with Crippen LogP contribution in [0.3, 0.4) is 0 Å². The minimum atomic E-state index is 0. The van der Waals surface area contributed by atoms with Gasteiger partial charge in [-0.2, -0.15) is 0 Å². The predicted molar refractivity (Wildman–Crippen MR) is 83.6 cm³/mol. The second-order valence-electron chi connectivity index (χ2n) is 4.44. The molecule has 0 radical (unpaired) electrons. The van der Waals surface area contributed by atoms with Gasteiger partial charge in [-0.15, -0.1) is 24.8 Å². The van der Waals surface area contributed by atoms with E-state index in [1.165, 1.54) is 5.56 Å². The average Bonchev–Trinajstić information content (AvgIpc) is 2.47. The van der Waals surface area contributed by atoms with E-state index in [4.69, 9.17) is 0 Å². The maximum absolute atomic E-state index is 12.1. The van der Waals surface area contributed by atoms with Crippen LogP contribution in [0.5, 0.6) is 0 Å². The van der Waals surface area contributed by atoms with Gasteiger partial charge in [-0.25, -0.2) is 0 Å². The molecular weight excluding hydrogens is 285 g/mol. The first-order chi connectivity index (χ1) is 8.22. The van der Waals surface area contributed by atoms with E-state index in [1.54, 1.807) is 7.05 Å². The van der Waals surface area contributed by atoms with Crippen molar-refractivity contribution in [3.63, 3.8) is 0 Å². The molecule has 0 unspecified atom stereocenters. The molecule has 0 aliphatic carbocycles. The van der Waals surface area contributed by atoms with Gasteiger partial charge in [-0.05, 0) is 25.7 Å². The summed E-state index contributed by atoms with van der Waals surface area (Å²) in [5.74, 6) is 0.134. The Labute approximate surface area is 127 Å². The molecule has 1 heterocycles. The summed E-state index contributed by atoms with van der Waals surface area (Å²) in [6.07, 6.45) is 0. The van der Waals surface area contributed by atoms with Gasteiger partial charge >= 0.3 is 0 Å². The highest BCUT2D eigenvalue weighted by Crippen LogP contribution is 2.24. The smallest absolute Gasteiger partial charge is 0.240 e. The topological polar surface area (TPSA) is 35.6 Å². The first-order valence-corrected chi connectivity index (χ1v) is 5.94. The lowest BCUT2D eigenvalue weighted by Crippen LogP contribution is -2.39. The largest absolute Gasteiger partial charge is 0.311 e. The van der Waals surface area contributed by atoms with Crippen LogP contribution in [-0.2, 0) is 11.3 Å². The Morgan fingerprint density at radius 1 is 1.26 bits per heavy atom. The number of halogens is 2. The van der Waals surface area contributed by atoms with E-state index in [2.05, 4.69) is 23.3 Å². The number of likely N-dealkylation sites (N-methyl/N-ethyl adjacent to an activating group) is 2. The summed E-state index contributed by atoms with van der Waals surface area (Å²) in [7, 11) is 3.89. The molecule has 0 bridgehead atoms. The lowest BCUT2D eigenvalue weighted by molar-refractivity contribution is -0.117. The summed E-state index contributed by atoms with van der Waals surface area (Å²) in [4.78, 5) is 16.2. The summed E-state index contributed by atoms with van der Waals surface area (Å²) < 4.78 is 0. The van der Waals surface area contributed by atoms with Crippen LogP contribution in [0.4, 0.5) is 5.69 Å². The molecule has 108 valence electrons. The lowest BCUT2D eigenvalue weighted by Gasteiger charge is -2.22. The van der Waals surface area contributed by atoms with Crippen molar-refractivity contribution < 1.29 is 4.79 Å². The SMILES string of the molecule is CNCC(=O)N1CCN(C)Cc2ccccc21.Cl.Cl. The Balaban J connectivity index is 0.00000162. The number of rotatable bonds is 2. The molecule has 1 amide bonds. The summed E-state index contributed by atoms with van der Waals surface area (Å²) in [5, 5.41) is 2.92. The number of benzene rings is 1. The van der Waals surface area contributed by atoms with Gasteiger partial charge < -0.3 is 15.1 Å². The fraction of sp³-hybridized carbons (Fsp3) is 0.462. The predicted octanol–water partition coefficient (Wildman–Crippen LogP) is 1.53. The standard InChI is InChI=1S/C13H19N3O.2ClH/c1-14-9-13(17)16-8-7-15(2)10-11-5-3-4-6-12(11)16;;/h3-6,14H,7-10H2,1-2H3;2*1H. The van der Waals surface area contributed by atoms with Gasteiger partial charge in [0, 0.05) is 25.3 Å². The fourth-order valence-corrected chi connectivity index (χ4v) is 2.17. The zero-order chi connectivity index (χ0) is 12.3. The highest BCUT2D eigenvalue weighted by molar-refractivity contribution is 5.95. The maximum Gasteiger partial charge on any atom is 0.240 e. The lowest BCUT2D eigenvalue weighted by atomic mass is 10.1. The number of para-hydroxylation sites is 1. The third-order valence-corrected chi connectivity index (χ3v) is 3.06. The van der Waals surface area contributed by atoms with Crippen molar-refractivity contribution in [3.05, 3.63) is 29.8 Å². The molecule has 1 aliphatic rings. The van der Waals surface area contributed by atoms with E-state index in [0.717, 1.165) is 25.3 Å². The third-order valence-electron chi connectivity index (χ3n) is 3.06. The Morgan fingerprint density at radius 3 is 2.63 bits per heavy atom. The van der Waals surface area contributed by atoms with Crippen LogP contribution >= 0.6 is 24.8 Å². The molecule has 0 spiro atoms. The number of hydrogen-bond donors (Lipinski definition) is 1. The molecule has 1 aliphatic heterocycles. The van der Waals surface area contributed by atoms with Crippen LogP contribution < -0.4 is 10.2 Å². The van der Waals surface area contributed by atoms with Crippen LogP contribution in [-0.4, -0.2) is 44.5 Å². The first kappa shape index (κ1) is 18.2. The number of anilines is 1. The van der Waals surface area contributed by atoms with Crippen molar-refractivity contribution in [2.75, 3.05) is 38.6 Å². The molecule has 0 aromatic heterocycles. The quantitative estimate of drug-likeness (QED) is 0.900. The molecule has 0 saturated carbocycles.